The Hall–Kier alpha value is -1.92. The van der Waals surface area contributed by atoms with Gasteiger partial charge in [0.05, 0.1) is 5.75 Å². The van der Waals surface area contributed by atoms with Crippen molar-refractivity contribution in [3.8, 4) is 0 Å². The lowest BCUT2D eigenvalue weighted by Crippen LogP contribution is -2.16. The van der Waals surface area contributed by atoms with Gasteiger partial charge < -0.3 is 5.32 Å². The van der Waals surface area contributed by atoms with E-state index >= 15 is 0 Å². The molecule has 0 aliphatic carbocycles. The van der Waals surface area contributed by atoms with E-state index in [1.165, 1.54) is 27.8 Å². The van der Waals surface area contributed by atoms with Crippen molar-refractivity contribution in [2.75, 3.05) is 11.1 Å². The molecule has 0 unspecified atom stereocenters. The van der Waals surface area contributed by atoms with E-state index in [9.17, 15) is 4.79 Å². The molecule has 0 bridgehead atoms. The number of hydrogen-bond acceptors (Lipinski definition) is 5. The molecule has 0 saturated carbocycles. The molecule has 0 atom stereocenters. The number of hydrogen-bond donors (Lipinski definition) is 1. The summed E-state index contributed by atoms with van der Waals surface area (Å²) in [5.41, 5.74) is 5.50. The number of fused-ring (bicyclic) bond motifs is 1. The van der Waals surface area contributed by atoms with Crippen molar-refractivity contribution in [2.45, 2.75) is 46.6 Å². The summed E-state index contributed by atoms with van der Waals surface area (Å²) in [4.78, 5) is 23.9. The normalized spacial score (nSPS) is 11.2. The maximum absolute atomic E-state index is 12.5. The number of rotatable bonds is 4. The van der Waals surface area contributed by atoms with Crippen LogP contribution in [-0.4, -0.2) is 21.6 Å². The molecule has 2 heterocycles. The van der Waals surface area contributed by atoms with Crippen molar-refractivity contribution >= 4 is 44.9 Å². The van der Waals surface area contributed by atoms with Gasteiger partial charge in [-0.25, -0.2) is 9.97 Å². The second-order valence-electron chi connectivity index (χ2n) is 6.65. The van der Waals surface area contributed by atoms with Crippen molar-refractivity contribution in [1.29, 1.82) is 0 Å². The molecule has 0 aliphatic heterocycles. The maximum atomic E-state index is 12.5. The number of carbonyl (C=O) groups is 1. The second-order valence-corrected chi connectivity index (χ2v) is 8.82. The van der Waals surface area contributed by atoms with Crippen LogP contribution in [0.2, 0.25) is 0 Å². The molecule has 6 heteroatoms. The number of anilines is 1. The zero-order valence-electron chi connectivity index (χ0n) is 16.0. The van der Waals surface area contributed by atoms with Gasteiger partial charge in [0.25, 0.3) is 0 Å². The monoisotopic (exact) mass is 385 g/mol. The smallest absolute Gasteiger partial charge is 0.234 e. The molecular weight excluding hydrogens is 362 g/mol. The lowest BCUT2D eigenvalue weighted by atomic mass is 10.1. The minimum atomic E-state index is -0.0147. The van der Waals surface area contributed by atoms with E-state index in [4.69, 9.17) is 0 Å². The summed E-state index contributed by atoms with van der Waals surface area (Å²) in [5, 5.41) is 5.03. The fraction of sp³-hybridized carbons (Fsp3) is 0.350. The van der Waals surface area contributed by atoms with E-state index in [2.05, 4.69) is 48.2 Å². The van der Waals surface area contributed by atoms with Gasteiger partial charge in [-0.05, 0) is 58.2 Å². The molecule has 3 aromatic rings. The standard InChI is InChI=1S/C20H23N3OS2/c1-10-7-11(2)18(12(3)8-10)23-16(24)9-25-19-17-13(4)14(5)26-20(17)22-15(6)21-19/h7-8H,9H2,1-6H3,(H,23,24). The topological polar surface area (TPSA) is 54.9 Å². The van der Waals surface area contributed by atoms with Crippen LogP contribution < -0.4 is 5.32 Å². The summed E-state index contributed by atoms with van der Waals surface area (Å²) in [7, 11) is 0. The number of thiophene rings is 1. The van der Waals surface area contributed by atoms with Gasteiger partial charge in [-0.1, -0.05) is 29.5 Å². The van der Waals surface area contributed by atoms with Crippen molar-refractivity contribution < 1.29 is 4.79 Å². The molecule has 0 aliphatic rings. The summed E-state index contributed by atoms with van der Waals surface area (Å²) in [5.74, 6) is 1.05. The van der Waals surface area contributed by atoms with Gasteiger partial charge in [-0.2, -0.15) is 0 Å². The van der Waals surface area contributed by atoms with Gasteiger partial charge in [0.15, 0.2) is 0 Å². The van der Waals surface area contributed by atoms with Crippen LogP contribution in [0.15, 0.2) is 17.2 Å². The third kappa shape index (κ3) is 3.76. The van der Waals surface area contributed by atoms with Gasteiger partial charge in [-0.3, -0.25) is 4.79 Å². The van der Waals surface area contributed by atoms with Crippen molar-refractivity contribution in [3.05, 3.63) is 45.1 Å². The number of carbonyl (C=O) groups excluding carboxylic acids is 1. The highest BCUT2D eigenvalue weighted by atomic mass is 32.2. The lowest BCUT2D eigenvalue weighted by Gasteiger charge is -2.13. The molecule has 26 heavy (non-hydrogen) atoms. The van der Waals surface area contributed by atoms with E-state index in [1.54, 1.807) is 11.3 Å². The summed E-state index contributed by atoms with van der Waals surface area (Å²) in [6.45, 7) is 12.2. The van der Waals surface area contributed by atoms with E-state index in [1.807, 2.05) is 20.8 Å². The third-order valence-electron chi connectivity index (χ3n) is 4.39. The molecule has 4 nitrogen and oxygen atoms in total. The average Bonchev–Trinajstić information content (AvgIpc) is 2.83. The van der Waals surface area contributed by atoms with Gasteiger partial charge in [0.1, 0.15) is 15.7 Å². The summed E-state index contributed by atoms with van der Waals surface area (Å²) < 4.78 is 0. The highest BCUT2D eigenvalue weighted by molar-refractivity contribution is 8.00. The van der Waals surface area contributed by atoms with Crippen LogP contribution in [0, 0.1) is 41.5 Å². The fourth-order valence-electron chi connectivity index (χ4n) is 3.11. The van der Waals surface area contributed by atoms with E-state index < -0.39 is 0 Å². The van der Waals surface area contributed by atoms with Crippen molar-refractivity contribution in [3.63, 3.8) is 0 Å². The number of nitrogens with one attached hydrogen (secondary N) is 1. The fourth-order valence-corrected chi connectivity index (χ4v) is 5.18. The Bertz CT molecular complexity index is 985. The molecule has 1 N–H and O–H groups in total. The number of nitrogens with zero attached hydrogens (tertiary/aromatic N) is 2. The van der Waals surface area contributed by atoms with Crippen LogP contribution in [0.25, 0.3) is 10.2 Å². The molecule has 3 rings (SSSR count). The Morgan fingerprint density at radius 1 is 1.08 bits per heavy atom. The average molecular weight is 386 g/mol. The van der Waals surface area contributed by atoms with Crippen molar-refractivity contribution in [2.24, 2.45) is 0 Å². The molecule has 0 spiro atoms. The van der Waals surface area contributed by atoms with Crippen molar-refractivity contribution in [1.82, 2.24) is 9.97 Å². The molecule has 2 aromatic heterocycles. The van der Waals surface area contributed by atoms with Crippen LogP contribution in [-0.2, 0) is 4.79 Å². The number of benzene rings is 1. The van der Waals surface area contributed by atoms with Gasteiger partial charge in [0, 0.05) is 16.0 Å². The van der Waals surface area contributed by atoms with Crippen LogP contribution in [0.4, 0.5) is 5.69 Å². The molecule has 136 valence electrons. The van der Waals surface area contributed by atoms with E-state index in [0.29, 0.717) is 5.75 Å². The lowest BCUT2D eigenvalue weighted by molar-refractivity contribution is -0.113. The Kier molecular flexibility index (Phi) is 5.34. The van der Waals surface area contributed by atoms with Crippen LogP contribution in [0.3, 0.4) is 0 Å². The molecule has 0 saturated heterocycles. The number of aryl methyl sites for hydroxylation is 6. The summed E-state index contributed by atoms with van der Waals surface area (Å²) in [6, 6.07) is 4.18. The Morgan fingerprint density at radius 2 is 1.73 bits per heavy atom. The Labute approximate surface area is 162 Å². The zero-order valence-corrected chi connectivity index (χ0v) is 17.6. The SMILES string of the molecule is Cc1cc(C)c(NC(=O)CSc2nc(C)nc3sc(C)c(C)c23)c(C)c1. The zero-order chi connectivity index (χ0) is 19.0. The minimum Gasteiger partial charge on any atom is -0.325 e. The summed E-state index contributed by atoms with van der Waals surface area (Å²) in [6.07, 6.45) is 0. The predicted octanol–water partition coefficient (Wildman–Crippen LogP) is 5.27. The van der Waals surface area contributed by atoms with Crippen LogP contribution >= 0.6 is 23.1 Å². The number of aromatic nitrogens is 2. The quantitative estimate of drug-likeness (QED) is 0.491. The van der Waals surface area contributed by atoms with E-state index in [0.717, 1.165) is 37.9 Å². The number of amides is 1. The third-order valence-corrected chi connectivity index (χ3v) is 6.47. The minimum absolute atomic E-state index is 0.0147. The Morgan fingerprint density at radius 3 is 2.38 bits per heavy atom. The second kappa shape index (κ2) is 7.37. The first-order valence-electron chi connectivity index (χ1n) is 8.51. The molecule has 0 radical (unpaired) electrons. The van der Waals surface area contributed by atoms with E-state index in [-0.39, 0.29) is 5.91 Å². The summed E-state index contributed by atoms with van der Waals surface area (Å²) >= 11 is 3.16. The van der Waals surface area contributed by atoms with Crippen LogP contribution in [0.1, 0.15) is 33.0 Å². The highest BCUT2D eigenvalue weighted by Gasteiger charge is 2.16. The van der Waals surface area contributed by atoms with Crippen LogP contribution in [0.5, 0.6) is 0 Å². The first-order chi connectivity index (χ1) is 12.3. The maximum Gasteiger partial charge on any atom is 0.234 e. The van der Waals surface area contributed by atoms with Gasteiger partial charge in [-0.15, -0.1) is 11.3 Å². The molecule has 1 aromatic carbocycles. The molecular formula is C20H23N3OS2. The van der Waals surface area contributed by atoms with Gasteiger partial charge >= 0.3 is 0 Å². The number of thioether (sulfide) groups is 1. The Balaban J connectivity index is 1.79. The molecule has 1 amide bonds. The largest absolute Gasteiger partial charge is 0.325 e. The van der Waals surface area contributed by atoms with Gasteiger partial charge in [0.2, 0.25) is 5.91 Å². The first kappa shape index (κ1) is 18.9. The highest BCUT2D eigenvalue weighted by Crippen LogP contribution is 2.35. The predicted molar refractivity (Wildman–Crippen MR) is 112 cm³/mol. The molecule has 0 fully saturated rings. The first-order valence-corrected chi connectivity index (χ1v) is 10.3.